The first kappa shape index (κ1) is 19.7. The van der Waals surface area contributed by atoms with Crippen LogP contribution in [-0.2, 0) is 22.3 Å². The second-order valence-electron chi connectivity index (χ2n) is 6.34. The van der Waals surface area contributed by atoms with Crippen molar-refractivity contribution >= 4 is 27.6 Å². The minimum atomic E-state index is -4.38. The van der Waals surface area contributed by atoms with Gasteiger partial charge in [0.15, 0.2) is 0 Å². The van der Waals surface area contributed by atoms with Gasteiger partial charge >= 0.3 is 12.1 Å². The minimum absolute atomic E-state index is 0.0153. The number of aromatic nitrogens is 1. The van der Waals surface area contributed by atoms with Crippen LogP contribution >= 0.6 is 15.9 Å². The van der Waals surface area contributed by atoms with Gasteiger partial charge in [-0.05, 0) is 43.2 Å². The van der Waals surface area contributed by atoms with Crippen molar-refractivity contribution in [1.29, 1.82) is 0 Å². The van der Waals surface area contributed by atoms with Gasteiger partial charge in [0, 0.05) is 22.6 Å². The Morgan fingerprint density at radius 2 is 2.11 bits per heavy atom. The summed E-state index contributed by atoms with van der Waals surface area (Å²) in [6.45, 7) is 2.52. The summed E-state index contributed by atoms with van der Waals surface area (Å²) in [6.07, 6.45) is -1.97. The molecule has 0 saturated heterocycles. The van der Waals surface area contributed by atoms with E-state index in [-0.39, 0.29) is 22.3 Å². The molecular weight excluding hydrogens is 425 g/mol. The Labute approximate surface area is 163 Å². The lowest BCUT2D eigenvalue weighted by Crippen LogP contribution is -2.08. The summed E-state index contributed by atoms with van der Waals surface area (Å²) in [7, 11) is 0. The van der Waals surface area contributed by atoms with Gasteiger partial charge in [-0.15, -0.1) is 0 Å². The van der Waals surface area contributed by atoms with Crippen molar-refractivity contribution in [3.63, 3.8) is 0 Å². The van der Waals surface area contributed by atoms with E-state index in [0.717, 1.165) is 23.9 Å². The van der Waals surface area contributed by atoms with Gasteiger partial charge in [0.2, 0.25) is 0 Å². The highest BCUT2D eigenvalue weighted by atomic mass is 79.9. The summed E-state index contributed by atoms with van der Waals surface area (Å²) in [6, 6.07) is 7.66. The quantitative estimate of drug-likeness (QED) is 0.629. The fraction of sp³-hybridized carbons (Fsp3) is 0.368. The highest BCUT2D eigenvalue weighted by Crippen LogP contribution is 2.47. The summed E-state index contributed by atoms with van der Waals surface area (Å²) >= 11 is 2.97. The van der Waals surface area contributed by atoms with Gasteiger partial charge in [-0.3, -0.25) is 9.78 Å². The number of alkyl halides is 3. The maximum Gasteiger partial charge on any atom is 0.417 e. The Hall–Kier alpha value is -2.09. The lowest BCUT2D eigenvalue weighted by atomic mass is 10.1. The third kappa shape index (κ3) is 4.80. The SMILES string of the molecule is CCOC(=O)[C@@H]1C[C@H]1c1ccc(NCc2ccc(C(F)(F)F)c(Br)c2)cn1. The highest BCUT2D eigenvalue weighted by Gasteiger charge is 2.46. The van der Waals surface area contributed by atoms with E-state index in [4.69, 9.17) is 4.74 Å². The second kappa shape index (κ2) is 7.88. The van der Waals surface area contributed by atoms with E-state index < -0.39 is 11.7 Å². The molecule has 0 spiro atoms. The molecule has 1 aliphatic carbocycles. The van der Waals surface area contributed by atoms with Gasteiger partial charge in [-0.1, -0.05) is 22.0 Å². The predicted molar refractivity (Wildman–Crippen MR) is 98.2 cm³/mol. The lowest BCUT2D eigenvalue weighted by molar-refractivity contribution is -0.144. The summed E-state index contributed by atoms with van der Waals surface area (Å²) in [5.74, 6) is -0.191. The van der Waals surface area contributed by atoms with Crippen molar-refractivity contribution in [2.45, 2.75) is 32.0 Å². The number of ether oxygens (including phenoxy) is 1. The number of nitrogens with zero attached hydrogens (tertiary/aromatic N) is 1. The van der Waals surface area contributed by atoms with Gasteiger partial charge in [0.05, 0.1) is 30.0 Å². The van der Waals surface area contributed by atoms with Crippen LogP contribution in [0.1, 0.15) is 36.1 Å². The number of rotatable bonds is 6. The average Bonchev–Trinajstić information content (AvgIpc) is 3.40. The number of anilines is 1. The minimum Gasteiger partial charge on any atom is -0.466 e. The molecule has 0 bridgehead atoms. The average molecular weight is 443 g/mol. The first-order chi connectivity index (χ1) is 12.8. The fourth-order valence-corrected chi connectivity index (χ4v) is 3.51. The third-order valence-electron chi connectivity index (χ3n) is 4.38. The van der Waals surface area contributed by atoms with Crippen LogP contribution in [0.4, 0.5) is 18.9 Å². The number of pyridine rings is 1. The van der Waals surface area contributed by atoms with Crippen LogP contribution < -0.4 is 5.32 Å². The van der Waals surface area contributed by atoms with Gasteiger partial charge in [0.25, 0.3) is 0 Å². The Morgan fingerprint density at radius 3 is 2.70 bits per heavy atom. The zero-order valence-corrected chi connectivity index (χ0v) is 16.1. The molecule has 2 atom stereocenters. The van der Waals surface area contributed by atoms with E-state index in [0.29, 0.717) is 18.7 Å². The molecule has 1 aromatic carbocycles. The number of hydrogen-bond donors (Lipinski definition) is 1. The summed E-state index contributed by atoms with van der Waals surface area (Å²) in [5, 5.41) is 3.13. The Morgan fingerprint density at radius 1 is 1.33 bits per heavy atom. The smallest absolute Gasteiger partial charge is 0.417 e. The topological polar surface area (TPSA) is 51.2 Å². The van der Waals surface area contributed by atoms with Gasteiger partial charge in [0.1, 0.15) is 0 Å². The van der Waals surface area contributed by atoms with Crippen LogP contribution in [0.15, 0.2) is 41.0 Å². The molecule has 1 aliphatic rings. The van der Waals surface area contributed by atoms with E-state index in [1.165, 1.54) is 12.1 Å². The highest BCUT2D eigenvalue weighted by molar-refractivity contribution is 9.10. The molecule has 0 radical (unpaired) electrons. The van der Waals surface area contributed by atoms with Crippen LogP contribution in [0.25, 0.3) is 0 Å². The third-order valence-corrected chi connectivity index (χ3v) is 5.04. The number of benzene rings is 1. The van der Waals surface area contributed by atoms with Gasteiger partial charge in [-0.25, -0.2) is 0 Å². The van der Waals surface area contributed by atoms with Gasteiger partial charge < -0.3 is 10.1 Å². The Kier molecular flexibility index (Phi) is 5.74. The zero-order chi connectivity index (χ0) is 19.6. The van der Waals surface area contributed by atoms with Crippen molar-refractivity contribution in [1.82, 2.24) is 4.98 Å². The number of esters is 1. The van der Waals surface area contributed by atoms with Crippen molar-refractivity contribution < 1.29 is 22.7 Å². The van der Waals surface area contributed by atoms with Crippen molar-refractivity contribution in [2.24, 2.45) is 5.92 Å². The van der Waals surface area contributed by atoms with Crippen molar-refractivity contribution in [2.75, 3.05) is 11.9 Å². The Balaban J connectivity index is 1.57. The maximum atomic E-state index is 12.8. The number of nitrogens with one attached hydrogen (secondary N) is 1. The lowest BCUT2D eigenvalue weighted by Gasteiger charge is -2.12. The second-order valence-corrected chi connectivity index (χ2v) is 7.19. The maximum absolute atomic E-state index is 12.8. The predicted octanol–water partition coefficient (Wildman–Crippen LogP) is 5.14. The molecule has 1 saturated carbocycles. The molecule has 144 valence electrons. The van der Waals surface area contributed by atoms with E-state index in [1.54, 1.807) is 13.1 Å². The first-order valence-corrected chi connectivity index (χ1v) is 9.31. The molecule has 0 unspecified atom stereocenters. The molecule has 0 aliphatic heterocycles. The molecule has 3 rings (SSSR count). The summed E-state index contributed by atoms with van der Waals surface area (Å²) in [4.78, 5) is 16.1. The van der Waals surface area contributed by atoms with Crippen molar-refractivity contribution in [3.05, 3.63) is 57.8 Å². The number of carbonyl (C=O) groups excluding carboxylic acids is 1. The van der Waals surface area contributed by atoms with Crippen LogP contribution in [0, 0.1) is 5.92 Å². The molecular formula is C19H18BrF3N2O2. The molecule has 1 aromatic heterocycles. The number of halogens is 4. The normalized spacial score (nSPS) is 18.9. The molecule has 2 aromatic rings. The van der Waals surface area contributed by atoms with Crippen molar-refractivity contribution in [3.8, 4) is 0 Å². The van der Waals surface area contributed by atoms with E-state index in [1.807, 2.05) is 12.1 Å². The van der Waals surface area contributed by atoms with E-state index >= 15 is 0 Å². The van der Waals surface area contributed by atoms with Crippen LogP contribution in [-0.4, -0.2) is 17.6 Å². The summed E-state index contributed by atoms with van der Waals surface area (Å²) in [5.41, 5.74) is 1.61. The fourth-order valence-electron chi connectivity index (χ4n) is 2.86. The first-order valence-electron chi connectivity index (χ1n) is 8.51. The molecule has 8 heteroatoms. The van der Waals surface area contributed by atoms with Crippen LogP contribution in [0.3, 0.4) is 0 Å². The Bertz CT molecular complexity index is 825. The summed E-state index contributed by atoms with van der Waals surface area (Å²) < 4.78 is 43.4. The molecule has 27 heavy (non-hydrogen) atoms. The van der Waals surface area contributed by atoms with Crippen LogP contribution in [0.5, 0.6) is 0 Å². The molecule has 1 heterocycles. The van der Waals surface area contributed by atoms with Gasteiger partial charge in [-0.2, -0.15) is 13.2 Å². The number of carbonyl (C=O) groups is 1. The standard InChI is InChI=1S/C19H18BrF3N2O2/c1-2-27-18(26)14-8-13(14)17-6-4-12(10-25-17)24-9-11-3-5-15(16(20)7-11)19(21,22)23/h3-7,10,13-14,24H,2,8-9H2,1H3/t13-,14-/m1/s1. The molecule has 0 amide bonds. The van der Waals surface area contributed by atoms with E-state index in [9.17, 15) is 18.0 Å². The largest absolute Gasteiger partial charge is 0.466 e. The molecule has 1 N–H and O–H groups in total. The van der Waals surface area contributed by atoms with E-state index in [2.05, 4.69) is 26.2 Å². The number of hydrogen-bond acceptors (Lipinski definition) is 4. The molecule has 1 fully saturated rings. The van der Waals surface area contributed by atoms with Crippen LogP contribution in [0.2, 0.25) is 0 Å². The monoisotopic (exact) mass is 442 g/mol. The molecule has 4 nitrogen and oxygen atoms in total. The zero-order valence-electron chi connectivity index (χ0n) is 14.5.